The van der Waals surface area contributed by atoms with Crippen LogP contribution in [0.25, 0.3) is 0 Å². The van der Waals surface area contributed by atoms with Crippen molar-refractivity contribution in [3.05, 3.63) is 0 Å². The summed E-state index contributed by atoms with van der Waals surface area (Å²) < 4.78 is 30.9. The van der Waals surface area contributed by atoms with E-state index in [4.69, 9.17) is 4.74 Å². The molecule has 5 nitrogen and oxygen atoms in total. The highest BCUT2D eigenvalue weighted by Crippen LogP contribution is 2.27. The molecule has 118 valence electrons. The van der Waals surface area contributed by atoms with Gasteiger partial charge in [-0.3, -0.25) is 0 Å². The zero-order chi connectivity index (χ0) is 15.0. The lowest BCUT2D eigenvalue weighted by atomic mass is 9.88. The van der Waals surface area contributed by atoms with Crippen molar-refractivity contribution in [1.82, 2.24) is 9.62 Å². The Morgan fingerprint density at radius 3 is 2.20 bits per heavy atom. The Bertz CT molecular complexity index is 430. The maximum Gasteiger partial charge on any atom is 0.219 e. The van der Waals surface area contributed by atoms with E-state index in [1.807, 2.05) is 0 Å². The largest absolute Gasteiger partial charge is 0.380 e. The average molecular weight is 304 g/mol. The van der Waals surface area contributed by atoms with Crippen LogP contribution < -0.4 is 5.32 Å². The predicted octanol–water partition coefficient (Wildman–Crippen LogP) is 1.21. The monoisotopic (exact) mass is 304 g/mol. The van der Waals surface area contributed by atoms with Crippen LogP contribution in [0.3, 0.4) is 0 Å². The fourth-order valence-electron chi connectivity index (χ4n) is 2.63. The number of piperidine rings is 1. The van der Waals surface area contributed by atoms with Crippen LogP contribution in [-0.2, 0) is 14.8 Å². The fraction of sp³-hybridized carbons (Fsp3) is 1.00. The summed E-state index contributed by atoms with van der Waals surface area (Å²) in [6.07, 6.45) is 1.79. The first-order valence-electron chi connectivity index (χ1n) is 7.45. The van der Waals surface area contributed by atoms with Crippen LogP contribution in [-0.4, -0.2) is 56.4 Å². The Balaban J connectivity index is 1.80. The molecule has 0 spiro atoms. The molecule has 0 atom stereocenters. The number of hydrogen-bond donors (Lipinski definition) is 1. The van der Waals surface area contributed by atoms with Crippen molar-refractivity contribution in [1.29, 1.82) is 0 Å². The van der Waals surface area contributed by atoms with Crippen LogP contribution >= 0.6 is 0 Å². The first-order valence-corrected chi connectivity index (χ1v) is 8.89. The van der Waals surface area contributed by atoms with Gasteiger partial charge in [0.2, 0.25) is 10.0 Å². The molecule has 20 heavy (non-hydrogen) atoms. The zero-order valence-electron chi connectivity index (χ0n) is 13.1. The van der Waals surface area contributed by atoms with Crippen molar-refractivity contribution in [2.24, 2.45) is 5.41 Å². The smallest absolute Gasteiger partial charge is 0.219 e. The number of hydrogen-bond acceptors (Lipinski definition) is 4. The third-order valence-electron chi connectivity index (χ3n) is 4.29. The average Bonchev–Trinajstić information content (AvgIpc) is 2.33. The normalized spacial score (nSPS) is 25.4. The van der Waals surface area contributed by atoms with Crippen molar-refractivity contribution in [2.45, 2.75) is 51.3 Å². The highest BCUT2D eigenvalue weighted by molar-refractivity contribution is 7.90. The molecule has 0 radical (unpaired) electrons. The maximum absolute atomic E-state index is 12.4. The van der Waals surface area contributed by atoms with Crippen molar-refractivity contribution in [3.63, 3.8) is 0 Å². The molecule has 6 heteroatoms. The minimum absolute atomic E-state index is 0.272. The molecule has 0 aromatic heterocycles. The molecule has 0 aromatic rings. The van der Waals surface area contributed by atoms with E-state index in [-0.39, 0.29) is 5.41 Å². The van der Waals surface area contributed by atoms with Crippen LogP contribution in [0.5, 0.6) is 0 Å². The molecular weight excluding hydrogens is 276 g/mol. The highest BCUT2D eigenvalue weighted by Gasteiger charge is 2.38. The van der Waals surface area contributed by atoms with Gasteiger partial charge in [0.25, 0.3) is 0 Å². The minimum atomic E-state index is -3.17. The van der Waals surface area contributed by atoms with Gasteiger partial charge in [-0.05, 0) is 33.6 Å². The quantitative estimate of drug-likeness (QED) is 0.848. The summed E-state index contributed by atoms with van der Waals surface area (Å²) in [5, 5.41) is 3.57. The zero-order valence-corrected chi connectivity index (χ0v) is 13.9. The molecule has 2 heterocycles. The van der Waals surface area contributed by atoms with Crippen LogP contribution in [0.2, 0.25) is 0 Å². The predicted molar refractivity (Wildman–Crippen MR) is 80.2 cm³/mol. The first kappa shape index (κ1) is 16.2. The van der Waals surface area contributed by atoms with Gasteiger partial charge in [0.05, 0.1) is 18.0 Å². The van der Waals surface area contributed by atoms with E-state index in [1.165, 1.54) is 0 Å². The van der Waals surface area contributed by atoms with E-state index in [0.29, 0.717) is 19.1 Å². The van der Waals surface area contributed by atoms with Gasteiger partial charge in [0.1, 0.15) is 0 Å². The van der Waals surface area contributed by atoms with E-state index < -0.39 is 14.8 Å². The van der Waals surface area contributed by atoms with Gasteiger partial charge in [-0.15, -0.1) is 0 Å². The van der Waals surface area contributed by atoms with Gasteiger partial charge in [0, 0.05) is 31.1 Å². The lowest BCUT2D eigenvalue weighted by molar-refractivity contribution is -0.100. The summed E-state index contributed by atoms with van der Waals surface area (Å²) >= 11 is 0. The summed E-state index contributed by atoms with van der Waals surface area (Å²) in [4.78, 5) is 0. The molecule has 2 aliphatic heterocycles. The molecule has 2 aliphatic rings. The molecule has 2 fully saturated rings. The van der Waals surface area contributed by atoms with Crippen LogP contribution in [0, 0.1) is 5.41 Å². The highest BCUT2D eigenvalue weighted by atomic mass is 32.2. The second-order valence-corrected chi connectivity index (χ2v) is 10.2. The third-order valence-corrected chi connectivity index (χ3v) is 6.88. The Morgan fingerprint density at radius 2 is 1.80 bits per heavy atom. The SMILES string of the molecule is CC1(CNC2CCN(S(=O)(=O)C(C)(C)C)CC2)COC1. The van der Waals surface area contributed by atoms with Gasteiger partial charge in [-0.25, -0.2) is 12.7 Å². The molecule has 1 N–H and O–H groups in total. The first-order chi connectivity index (χ1) is 9.14. The minimum Gasteiger partial charge on any atom is -0.380 e. The van der Waals surface area contributed by atoms with Crippen molar-refractivity contribution < 1.29 is 13.2 Å². The van der Waals surface area contributed by atoms with Crippen molar-refractivity contribution in [3.8, 4) is 0 Å². The molecule has 0 unspecified atom stereocenters. The Hall–Kier alpha value is -0.170. The van der Waals surface area contributed by atoms with Crippen LogP contribution in [0.4, 0.5) is 0 Å². The molecule has 0 bridgehead atoms. The molecule has 2 rings (SSSR count). The standard InChI is InChI=1S/C14H28N2O3S/c1-13(2,3)20(17,18)16-7-5-12(6-8-16)15-9-14(4)10-19-11-14/h12,15H,5-11H2,1-4H3. The van der Waals surface area contributed by atoms with Crippen LogP contribution in [0.1, 0.15) is 40.5 Å². The second kappa shape index (κ2) is 5.55. The molecule has 0 amide bonds. The summed E-state index contributed by atoms with van der Waals surface area (Å²) in [6, 6.07) is 0.429. The molecule has 0 saturated carbocycles. The van der Waals surface area contributed by atoms with Crippen molar-refractivity contribution >= 4 is 10.0 Å². The number of rotatable bonds is 4. The summed E-state index contributed by atoms with van der Waals surface area (Å²) in [7, 11) is -3.17. The van der Waals surface area contributed by atoms with E-state index in [2.05, 4.69) is 12.2 Å². The third kappa shape index (κ3) is 3.35. The summed E-state index contributed by atoms with van der Waals surface area (Å²) in [5.74, 6) is 0. The Labute approximate surface area is 123 Å². The van der Waals surface area contributed by atoms with Crippen molar-refractivity contribution in [2.75, 3.05) is 32.8 Å². The van der Waals surface area contributed by atoms with E-state index >= 15 is 0 Å². The number of nitrogens with one attached hydrogen (secondary N) is 1. The molecule has 0 aromatic carbocycles. The van der Waals surface area contributed by atoms with Crippen LogP contribution in [0.15, 0.2) is 0 Å². The Kier molecular flexibility index (Phi) is 4.50. The van der Waals surface area contributed by atoms with Gasteiger partial charge >= 0.3 is 0 Å². The van der Waals surface area contributed by atoms with E-state index in [9.17, 15) is 8.42 Å². The fourth-order valence-corrected chi connectivity index (χ4v) is 4.10. The topological polar surface area (TPSA) is 58.6 Å². The molecule has 2 saturated heterocycles. The number of nitrogens with zero attached hydrogens (tertiary/aromatic N) is 1. The van der Waals surface area contributed by atoms with Gasteiger partial charge in [0.15, 0.2) is 0 Å². The maximum atomic E-state index is 12.4. The Morgan fingerprint density at radius 1 is 1.25 bits per heavy atom. The second-order valence-electron chi connectivity index (χ2n) is 7.48. The summed E-state index contributed by atoms with van der Waals surface area (Å²) in [6.45, 7) is 11.4. The molecular formula is C14H28N2O3S. The lowest BCUT2D eigenvalue weighted by Gasteiger charge is -2.41. The summed E-state index contributed by atoms with van der Waals surface area (Å²) in [5.41, 5.74) is 0.272. The van der Waals surface area contributed by atoms with E-state index in [0.717, 1.165) is 32.6 Å². The van der Waals surface area contributed by atoms with E-state index in [1.54, 1.807) is 25.1 Å². The number of ether oxygens (including phenoxy) is 1. The van der Waals surface area contributed by atoms with Gasteiger partial charge in [-0.2, -0.15) is 0 Å². The lowest BCUT2D eigenvalue weighted by Crippen LogP contribution is -2.53. The number of sulfonamides is 1. The molecule has 0 aliphatic carbocycles. The van der Waals surface area contributed by atoms with Gasteiger partial charge < -0.3 is 10.1 Å². The van der Waals surface area contributed by atoms with Gasteiger partial charge in [-0.1, -0.05) is 6.92 Å².